The Morgan fingerprint density at radius 3 is 2.11 bits per heavy atom. The van der Waals surface area contributed by atoms with Crippen LogP contribution < -0.4 is 14.4 Å². The van der Waals surface area contributed by atoms with E-state index < -0.39 is 65.8 Å². The summed E-state index contributed by atoms with van der Waals surface area (Å²) in [5, 5.41) is 8.83. The molecule has 2 aromatic rings. The Bertz CT molecular complexity index is 1400. The second-order valence-corrected chi connectivity index (χ2v) is 10.8. The van der Waals surface area contributed by atoms with E-state index in [1.165, 1.54) is 24.1 Å². The number of fused-ring (bicyclic) bond motifs is 1. The first-order chi connectivity index (χ1) is 22.0. The Kier molecular flexibility index (Phi) is 12.2. The van der Waals surface area contributed by atoms with Crippen LogP contribution in [0.2, 0.25) is 0 Å². The molecule has 0 saturated heterocycles. The van der Waals surface area contributed by atoms with Crippen LogP contribution in [0.15, 0.2) is 30.3 Å². The Labute approximate surface area is 267 Å². The molecule has 0 unspecified atom stereocenters. The van der Waals surface area contributed by atoms with Gasteiger partial charge in [0.05, 0.1) is 50.3 Å². The molecule has 47 heavy (non-hydrogen) atoms. The number of carbonyl (C=O) groups is 3. The fourth-order valence-electron chi connectivity index (χ4n) is 5.34. The number of methoxy groups -OCH3 is 2. The molecule has 2 atom stereocenters. The first kappa shape index (κ1) is 37.1. The number of alkyl halides is 6. The van der Waals surface area contributed by atoms with Crippen LogP contribution in [0.25, 0.3) is 0 Å². The van der Waals surface area contributed by atoms with Crippen molar-refractivity contribution in [3.63, 3.8) is 0 Å². The number of aliphatic carboxylic acids is 1. The van der Waals surface area contributed by atoms with Crippen LogP contribution in [0.3, 0.4) is 0 Å². The average Bonchev–Trinajstić information content (AvgIpc) is 2.99. The summed E-state index contributed by atoms with van der Waals surface area (Å²) in [7, 11) is 2.36. The Hall–Kier alpha value is -4.37. The number of carboxylic acid groups (broad SMARTS) is 1. The minimum absolute atomic E-state index is 0.000259. The van der Waals surface area contributed by atoms with Gasteiger partial charge in [0.15, 0.2) is 11.5 Å². The summed E-state index contributed by atoms with van der Waals surface area (Å²) in [6.07, 6.45) is -10.5. The summed E-state index contributed by atoms with van der Waals surface area (Å²) in [6, 6.07) is 2.34. The maximum absolute atomic E-state index is 13.6. The van der Waals surface area contributed by atoms with Crippen molar-refractivity contribution in [2.24, 2.45) is 0 Å². The molecule has 2 aromatic carbocycles. The number of ether oxygens (including phenoxy) is 4. The average molecular weight is 679 g/mol. The lowest BCUT2D eigenvalue weighted by Gasteiger charge is -2.42. The molecule has 10 nitrogen and oxygen atoms in total. The fourth-order valence-corrected chi connectivity index (χ4v) is 5.34. The molecule has 1 N–H and O–H groups in total. The summed E-state index contributed by atoms with van der Waals surface area (Å²) in [5.74, 6) is -0.551. The van der Waals surface area contributed by atoms with Crippen molar-refractivity contribution >= 4 is 23.8 Å². The standard InChI is InChI=1S/C31H36F6N2O8/c1-5-46-29(43)39-18(2)11-23(22-15-25(44-3)26(16-24(22)39)47-10-8-6-7-9-27(40)41)38(28(42)45-4)17-19-12-20(30(32,33)34)14-21(13-19)31(35,36)37/h12-16,18,23H,5-11,17H2,1-4H3,(H,40,41)/t18-,23+/m0/s1. The molecule has 0 bridgehead atoms. The van der Waals surface area contributed by atoms with Gasteiger partial charge in [-0.15, -0.1) is 0 Å². The SMILES string of the molecule is CCOC(=O)N1c2cc(OCCCCCC(=O)O)c(OC)cc2[C@H](N(Cc2cc(C(F)(F)F)cc(C(F)(F)F)c2)C(=O)OC)C[C@@H]1C. The number of unbranched alkanes of at least 4 members (excludes halogenated alkanes) is 2. The number of hydrogen-bond donors (Lipinski definition) is 1. The Balaban J connectivity index is 2.11. The van der Waals surface area contributed by atoms with E-state index in [0.717, 1.165) is 12.0 Å². The Morgan fingerprint density at radius 1 is 0.936 bits per heavy atom. The predicted octanol–water partition coefficient (Wildman–Crippen LogP) is 7.82. The first-order valence-electron chi connectivity index (χ1n) is 14.7. The molecule has 1 aliphatic rings. The van der Waals surface area contributed by atoms with E-state index in [1.54, 1.807) is 13.8 Å². The second kappa shape index (κ2) is 15.5. The molecule has 3 rings (SSSR count). The zero-order valence-electron chi connectivity index (χ0n) is 26.2. The van der Waals surface area contributed by atoms with Crippen LogP contribution in [0.1, 0.15) is 74.2 Å². The number of anilines is 1. The second-order valence-electron chi connectivity index (χ2n) is 10.8. The van der Waals surface area contributed by atoms with Gasteiger partial charge in [-0.25, -0.2) is 9.59 Å². The van der Waals surface area contributed by atoms with Crippen LogP contribution in [0.4, 0.5) is 41.6 Å². The number of hydrogen-bond acceptors (Lipinski definition) is 7. The lowest BCUT2D eigenvalue weighted by atomic mass is 9.90. The van der Waals surface area contributed by atoms with E-state index in [-0.39, 0.29) is 54.9 Å². The molecular formula is C31H36F6N2O8. The molecular weight excluding hydrogens is 642 g/mol. The van der Waals surface area contributed by atoms with Crippen molar-refractivity contribution in [2.75, 3.05) is 32.3 Å². The minimum Gasteiger partial charge on any atom is -0.493 e. The fraction of sp³-hybridized carbons (Fsp3) is 0.516. The van der Waals surface area contributed by atoms with Crippen LogP contribution in [0, 0.1) is 0 Å². The summed E-state index contributed by atoms with van der Waals surface area (Å²) in [6.45, 7) is 2.74. The highest BCUT2D eigenvalue weighted by atomic mass is 19.4. The molecule has 1 heterocycles. The van der Waals surface area contributed by atoms with Gasteiger partial charge in [-0.2, -0.15) is 26.3 Å². The molecule has 2 amide bonds. The van der Waals surface area contributed by atoms with Crippen LogP contribution in [-0.2, 0) is 33.2 Å². The number of carbonyl (C=O) groups excluding carboxylic acids is 2. The molecule has 0 aliphatic carbocycles. The topological polar surface area (TPSA) is 115 Å². The minimum atomic E-state index is -5.10. The van der Waals surface area contributed by atoms with Gasteiger partial charge in [-0.3, -0.25) is 14.6 Å². The largest absolute Gasteiger partial charge is 0.493 e. The molecule has 260 valence electrons. The van der Waals surface area contributed by atoms with Gasteiger partial charge in [0, 0.05) is 30.6 Å². The summed E-state index contributed by atoms with van der Waals surface area (Å²) in [4.78, 5) is 39.4. The maximum Gasteiger partial charge on any atom is 0.416 e. The van der Waals surface area contributed by atoms with Gasteiger partial charge in [-0.1, -0.05) is 0 Å². The van der Waals surface area contributed by atoms with E-state index in [9.17, 15) is 40.7 Å². The number of rotatable bonds is 12. The van der Waals surface area contributed by atoms with E-state index in [0.29, 0.717) is 31.4 Å². The number of benzene rings is 2. The van der Waals surface area contributed by atoms with Crippen LogP contribution in [0.5, 0.6) is 11.5 Å². The highest BCUT2D eigenvalue weighted by Crippen LogP contribution is 2.47. The summed E-state index contributed by atoms with van der Waals surface area (Å²) >= 11 is 0. The van der Waals surface area contributed by atoms with Crippen molar-refractivity contribution in [3.05, 3.63) is 52.6 Å². The molecule has 1 aliphatic heterocycles. The van der Waals surface area contributed by atoms with Gasteiger partial charge < -0.3 is 24.1 Å². The summed E-state index contributed by atoms with van der Waals surface area (Å²) < 4.78 is 103. The van der Waals surface area contributed by atoms with Crippen molar-refractivity contribution in [3.8, 4) is 11.5 Å². The van der Waals surface area contributed by atoms with Crippen molar-refractivity contribution in [1.82, 2.24) is 4.90 Å². The third-order valence-electron chi connectivity index (χ3n) is 7.48. The monoisotopic (exact) mass is 678 g/mol. The smallest absolute Gasteiger partial charge is 0.416 e. The van der Waals surface area contributed by atoms with Crippen molar-refractivity contribution < 1.29 is 64.8 Å². The lowest BCUT2D eigenvalue weighted by Crippen LogP contribution is -2.47. The molecule has 0 saturated carbocycles. The number of carboxylic acids is 1. The zero-order valence-corrected chi connectivity index (χ0v) is 26.2. The van der Waals surface area contributed by atoms with Gasteiger partial charge in [0.25, 0.3) is 0 Å². The van der Waals surface area contributed by atoms with Gasteiger partial charge >= 0.3 is 30.5 Å². The van der Waals surface area contributed by atoms with E-state index in [4.69, 9.17) is 24.1 Å². The van der Waals surface area contributed by atoms with Gasteiger partial charge in [0.2, 0.25) is 0 Å². The van der Waals surface area contributed by atoms with Gasteiger partial charge in [-0.05, 0) is 69.4 Å². The zero-order chi connectivity index (χ0) is 35.1. The third-order valence-corrected chi connectivity index (χ3v) is 7.48. The van der Waals surface area contributed by atoms with Crippen LogP contribution >= 0.6 is 0 Å². The Morgan fingerprint density at radius 2 is 1.57 bits per heavy atom. The molecule has 0 radical (unpaired) electrons. The van der Waals surface area contributed by atoms with E-state index in [1.807, 2.05) is 0 Å². The quantitative estimate of drug-likeness (QED) is 0.179. The highest BCUT2D eigenvalue weighted by molar-refractivity contribution is 5.91. The molecule has 0 spiro atoms. The van der Waals surface area contributed by atoms with E-state index >= 15 is 0 Å². The molecule has 0 aromatic heterocycles. The molecule has 0 fully saturated rings. The lowest BCUT2D eigenvalue weighted by molar-refractivity contribution is -0.143. The third kappa shape index (κ3) is 9.35. The number of nitrogens with zero attached hydrogens (tertiary/aromatic N) is 2. The molecule has 16 heteroatoms. The maximum atomic E-state index is 13.6. The number of amides is 2. The highest BCUT2D eigenvalue weighted by Gasteiger charge is 2.42. The first-order valence-corrected chi connectivity index (χ1v) is 14.7. The van der Waals surface area contributed by atoms with Crippen molar-refractivity contribution in [1.29, 1.82) is 0 Å². The van der Waals surface area contributed by atoms with Gasteiger partial charge in [0.1, 0.15) is 0 Å². The van der Waals surface area contributed by atoms with Crippen LogP contribution in [-0.4, -0.2) is 61.6 Å². The van der Waals surface area contributed by atoms with E-state index in [2.05, 4.69) is 0 Å². The normalized spacial score (nSPS) is 16.3. The number of halogens is 6. The predicted molar refractivity (Wildman–Crippen MR) is 155 cm³/mol. The summed E-state index contributed by atoms with van der Waals surface area (Å²) in [5.41, 5.74) is -3.04. The van der Waals surface area contributed by atoms with Crippen molar-refractivity contribution in [2.45, 2.75) is 76.9 Å².